The molecule has 1 rings (SSSR count). The van der Waals surface area contributed by atoms with E-state index in [2.05, 4.69) is 5.32 Å². The van der Waals surface area contributed by atoms with Crippen LogP contribution in [0.4, 0.5) is 5.69 Å². The molecule has 1 atom stereocenters. The highest BCUT2D eigenvalue weighted by Crippen LogP contribution is 2.26. The Balaban J connectivity index is 2.93. The SMILES string of the molecule is COC(=O)C(NCc1c(Cl)cccc1[N+](=O)[O-])C(C)C. The number of halogens is 1. The van der Waals surface area contributed by atoms with E-state index in [0.717, 1.165) is 0 Å². The third-order valence-electron chi connectivity index (χ3n) is 2.91. The molecule has 1 aromatic carbocycles. The van der Waals surface area contributed by atoms with Crippen LogP contribution in [0.25, 0.3) is 0 Å². The van der Waals surface area contributed by atoms with Gasteiger partial charge in [0.15, 0.2) is 0 Å². The van der Waals surface area contributed by atoms with Gasteiger partial charge in [-0.25, -0.2) is 0 Å². The normalized spacial score (nSPS) is 12.2. The van der Waals surface area contributed by atoms with Gasteiger partial charge in [-0.2, -0.15) is 0 Å². The molecular weight excluding hydrogens is 284 g/mol. The summed E-state index contributed by atoms with van der Waals surface area (Å²) in [5, 5.41) is 14.2. The van der Waals surface area contributed by atoms with Gasteiger partial charge in [0.1, 0.15) is 6.04 Å². The van der Waals surface area contributed by atoms with E-state index >= 15 is 0 Å². The lowest BCUT2D eigenvalue weighted by Gasteiger charge is -2.20. The lowest BCUT2D eigenvalue weighted by atomic mass is 10.0. The zero-order chi connectivity index (χ0) is 15.3. The minimum absolute atomic E-state index is 0.0102. The Morgan fingerprint density at radius 2 is 2.15 bits per heavy atom. The number of hydrogen-bond acceptors (Lipinski definition) is 5. The van der Waals surface area contributed by atoms with Crippen LogP contribution in [0.15, 0.2) is 18.2 Å². The van der Waals surface area contributed by atoms with Crippen LogP contribution in [0.5, 0.6) is 0 Å². The highest BCUT2D eigenvalue weighted by atomic mass is 35.5. The van der Waals surface area contributed by atoms with Gasteiger partial charge in [0, 0.05) is 12.6 Å². The Labute approximate surface area is 122 Å². The Morgan fingerprint density at radius 1 is 1.50 bits per heavy atom. The van der Waals surface area contributed by atoms with Crippen LogP contribution in [-0.4, -0.2) is 24.0 Å². The Hall–Kier alpha value is -1.66. The molecule has 0 saturated carbocycles. The fourth-order valence-corrected chi connectivity index (χ4v) is 2.06. The molecule has 1 aromatic rings. The number of nitro benzene ring substituents is 1. The molecule has 1 unspecified atom stereocenters. The maximum absolute atomic E-state index is 11.6. The molecular formula is C13H17ClN2O4. The van der Waals surface area contributed by atoms with E-state index < -0.39 is 16.9 Å². The number of esters is 1. The summed E-state index contributed by atoms with van der Waals surface area (Å²) in [5.74, 6) is -0.418. The average molecular weight is 301 g/mol. The number of hydrogen-bond donors (Lipinski definition) is 1. The lowest BCUT2D eigenvalue weighted by molar-refractivity contribution is -0.385. The van der Waals surface area contributed by atoms with Gasteiger partial charge >= 0.3 is 5.97 Å². The molecule has 0 spiro atoms. The average Bonchev–Trinajstić information content (AvgIpc) is 2.39. The van der Waals surface area contributed by atoms with Crippen molar-refractivity contribution in [1.29, 1.82) is 0 Å². The van der Waals surface area contributed by atoms with Crippen molar-refractivity contribution in [3.05, 3.63) is 38.9 Å². The summed E-state index contributed by atoms with van der Waals surface area (Å²) in [7, 11) is 1.30. The quantitative estimate of drug-likeness (QED) is 0.496. The van der Waals surface area contributed by atoms with Gasteiger partial charge in [-0.3, -0.25) is 20.2 Å². The highest BCUT2D eigenvalue weighted by molar-refractivity contribution is 6.31. The predicted molar refractivity (Wildman–Crippen MR) is 75.6 cm³/mol. The first-order valence-electron chi connectivity index (χ1n) is 6.11. The molecule has 7 heteroatoms. The van der Waals surface area contributed by atoms with E-state index in [1.807, 2.05) is 13.8 Å². The highest BCUT2D eigenvalue weighted by Gasteiger charge is 2.24. The number of benzene rings is 1. The fourth-order valence-electron chi connectivity index (χ4n) is 1.82. The van der Waals surface area contributed by atoms with Gasteiger partial charge in [-0.1, -0.05) is 31.5 Å². The second-order valence-corrected chi connectivity index (χ2v) is 5.03. The second kappa shape index (κ2) is 7.21. The van der Waals surface area contributed by atoms with Gasteiger partial charge in [-0.15, -0.1) is 0 Å². The van der Waals surface area contributed by atoms with Crippen molar-refractivity contribution in [1.82, 2.24) is 5.32 Å². The van der Waals surface area contributed by atoms with Gasteiger partial charge in [0.2, 0.25) is 0 Å². The minimum Gasteiger partial charge on any atom is -0.468 e. The van der Waals surface area contributed by atoms with Gasteiger partial charge in [-0.05, 0) is 12.0 Å². The number of nitrogens with one attached hydrogen (secondary N) is 1. The molecule has 0 aliphatic rings. The number of methoxy groups -OCH3 is 1. The molecule has 0 fully saturated rings. The summed E-state index contributed by atoms with van der Waals surface area (Å²) < 4.78 is 4.70. The topological polar surface area (TPSA) is 81.5 Å². The molecule has 1 N–H and O–H groups in total. The molecule has 0 bridgehead atoms. The first-order valence-corrected chi connectivity index (χ1v) is 6.49. The summed E-state index contributed by atoms with van der Waals surface area (Å²) in [5.41, 5.74) is 0.283. The Kier molecular flexibility index (Phi) is 5.91. The Bertz CT molecular complexity index is 505. The van der Waals surface area contributed by atoms with E-state index in [4.69, 9.17) is 16.3 Å². The number of ether oxygens (including phenoxy) is 1. The molecule has 20 heavy (non-hydrogen) atoms. The van der Waals surface area contributed by atoms with E-state index in [0.29, 0.717) is 10.6 Å². The largest absolute Gasteiger partial charge is 0.468 e. The van der Waals surface area contributed by atoms with Crippen molar-refractivity contribution in [2.75, 3.05) is 7.11 Å². The van der Waals surface area contributed by atoms with Crippen molar-refractivity contribution in [2.24, 2.45) is 5.92 Å². The van der Waals surface area contributed by atoms with E-state index in [-0.39, 0.29) is 18.2 Å². The zero-order valence-corrected chi connectivity index (χ0v) is 12.3. The number of rotatable bonds is 6. The molecule has 0 aliphatic carbocycles. The van der Waals surface area contributed by atoms with Crippen LogP contribution in [0.3, 0.4) is 0 Å². The summed E-state index contributed by atoms with van der Waals surface area (Å²) in [6.07, 6.45) is 0. The smallest absolute Gasteiger partial charge is 0.323 e. The second-order valence-electron chi connectivity index (χ2n) is 4.62. The van der Waals surface area contributed by atoms with Crippen LogP contribution in [0.2, 0.25) is 5.02 Å². The van der Waals surface area contributed by atoms with E-state index in [1.54, 1.807) is 6.07 Å². The molecule has 6 nitrogen and oxygen atoms in total. The molecule has 0 aliphatic heterocycles. The van der Waals surface area contributed by atoms with Crippen LogP contribution in [0, 0.1) is 16.0 Å². The first-order chi connectivity index (χ1) is 9.38. The summed E-state index contributed by atoms with van der Waals surface area (Å²) in [6.45, 7) is 3.83. The van der Waals surface area contributed by atoms with Crippen LogP contribution in [-0.2, 0) is 16.1 Å². The lowest BCUT2D eigenvalue weighted by Crippen LogP contribution is -2.41. The summed E-state index contributed by atoms with van der Waals surface area (Å²) in [6, 6.07) is 3.93. The first kappa shape index (κ1) is 16.4. The zero-order valence-electron chi connectivity index (χ0n) is 11.6. The van der Waals surface area contributed by atoms with E-state index in [1.165, 1.54) is 19.2 Å². The summed E-state index contributed by atoms with van der Waals surface area (Å²) in [4.78, 5) is 22.1. The maximum Gasteiger partial charge on any atom is 0.323 e. The third kappa shape index (κ3) is 3.91. The molecule has 0 radical (unpaired) electrons. The maximum atomic E-state index is 11.6. The van der Waals surface area contributed by atoms with Crippen molar-refractivity contribution in [3.8, 4) is 0 Å². The van der Waals surface area contributed by atoms with Crippen LogP contribution in [0.1, 0.15) is 19.4 Å². The monoisotopic (exact) mass is 300 g/mol. The van der Waals surface area contributed by atoms with Crippen LogP contribution < -0.4 is 5.32 Å². The molecule has 0 aromatic heterocycles. The van der Waals surface area contributed by atoms with E-state index in [9.17, 15) is 14.9 Å². The fraction of sp³-hybridized carbons (Fsp3) is 0.462. The number of carbonyl (C=O) groups excluding carboxylic acids is 1. The molecule has 0 saturated heterocycles. The van der Waals surface area contributed by atoms with Gasteiger partial charge in [0.25, 0.3) is 5.69 Å². The predicted octanol–water partition coefficient (Wildman–Crippen LogP) is 2.54. The number of nitro groups is 1. The van der Waals surface area contributed by atoms with Crippen molar-refractivity contribution >= 4 is 23.3 Å². The van der Waals surface area contributed by atoms with Crippen molar-refractivity contribution < 1.29 is 14.5 Å². The van der Waals surface area contributed by atoms with Crippen molar-refractivity contribution in [3.63, 3.8) is 0 Å². The third-order valence-corrected chi connectivity index (χ3v) is 3.27. The van der Waals surface area contributed by atoms with Crippen LogP contribution >= 0.6 is 11.6 Å². The molecule has 0 amide bonds. The number of nitrogens with zero attached hydrogens (tertiary/aromatic N) is 1. The summed E-state index contributed by atoms with van der Waals surface area (Å²) >= 11 is 5.99. The standard InChI is InChI=1S/C13H17ClN2O4/c1-8(2)12(13(17)20-3)15-7-9-10(14)5-4-6-11(9)16(18)19/h4-6,8,12,15H,7H2,1-3H3. The molecule has 0 heterocycles. The Morgan fingerprint density at radius 3 is 2.65 bits per heavy atom. The number of carbonyl (C=O) groups is 1. The van der Waals surface area contributed by atoms with Crippen molar-refractivity contribution in [2.45, 2.75) is 26.4 Å². The minimum atomic E-state index is -0.545. The molecule has 110 valence electrons. The van der Waals surface area contributed by atoms with Gasteiger partial charge in [0.05, 0.1) is 22.6 Å². The van der Waals surface area contributed by atoms with Gasteiger partial charge < -0.3 is 4.74 Å².